The van der Waals surface area contributed by atoms with E-state index in [1.807, 2.05) is 6.07 Å². The molecule has 0 unspecified atom stereocenters. The molecule has 1 aromatic carbocycles. The van der Waals surface area contributed by atoms with E-state index in [-0.39, 0.29) is 11.6 Å². The summed E-state index contributed by atoms with van der Waals surface area (Å²) < 4.78 is 12.9. The number of nitrogens with zero attached hydrogens (tertiary/aromatic N) is 2. The molecule has 0 atom stereocenters. The second-order valence-corrected chi connectivity index (χ2v) is 3.91. The van der Waals surface area contributed by atoms with Crippen LogP contribution in [0.1, 0.15) is 0 Å². The van der Waals surface area contributed by atoms with Gasteiger partial charge in [-0.15, -0.1) is 0 Å². The van der Waals surface area contributed by atoms with Gasteiger partial charge in [0.2, 0.25) is 0 Å². The highest BCUT2D eigenvalue weighted by atomic mass is 19.1. The third-order valence-electron chi connectivity index (χ3n) is 2.69. The Bertz CT molecular complexity index is 711. The van der Waals surface area contributed by atoms with E-state index < -0.39 is 0 Å². The van der Waals surface area contributed by atoms with Crippen molar-refractivity contribution in [2.45, 2.75) is 0 Å². The molecular formula is C14H9FN2O. The standard InChI is InChI=1S/C14H9FN2O/c15-11-5-3-9(4-6-11)13-12(18)8-10-2-1-7-16-14(10)17-13/h1-8,18H. The van der Waals surface area contributed by atoms with Gasteiger partial charge in [-0.3, -0.25) is 0 Å². The van der Waals surface area contributed by atoms with Crippen molar-refractivity contribution in [1.29, 1.82) is 0 Å². The molecule has 3 aromatic rings. The van der Waals surface area contributed by atoms with Crippen LogP contribution in [0.2, 0.25) is 0 Å². The zero-order valence-electron chi connectivity index (χ0n) is 9.34. The zero-order valence-corrected chi connectivity index (χ0v) is 9.34. The van der Waals surface area contributed by atoms with Crippen LogP contribution in [0.4, 0.5) is 4.39 Å². The van der Waals surface area contributed by atoms with E-state index in [1.165, 1.54) is 12.1 Å². The molecule has 0 aliphatic heterocycles. The zero-order chi connectivity index (χ0) is 12.5. The molecule has 0 radical (unpaired) electrons. The lowest BCUT2D eigenvalue weighted by Gasteiger charge is -2.05. The summed E-state index contributed by atoms with van der Waals surface area (Å²) >= 11 is 0. The Balaban J connectivity index is 2.22. The van der Waals surface area contributed by atoms with E-state index in [4.69, 9.17) is 0 Å². The predicted octanol–water partition coefficient (Wildman–Crippen LogP) is 3.14. The van der Waals surface area contributed by atoms with Gasteiger partial charge in [-0.2, -0.15) is 0 Å². The normalized spacial score (nSPS) is 10.7. The highest BCUT2D eigenvalue weighted by Gasteiger charge is 2.08. The number of aromatic nitrogens is 2. The first-order valence-electron chi connectivity index (χ1n) is 5.45. The Morgan fingerprint density at radius 2 is 1.83 bits per heavy atom. The summed E-state index contributed by atoms with van der Waals surface area (Å²) in [7, 11) is 0. The van der Waals surface area contributed by atoms with E-state index in [2.05, 4.69) is 9.97 Å². The Labute approximate surface area is 103 Å². The third-order valence-corrected chi connectivity index (χ3v) is 2.69. The van der Waals surface area contributed by atoms with Gasteiger partial charge < -0.3 is 5.11 Å². The molecule has 88 valence electrons. The fourth-order valence-corrected chi connectivity index (χ4v) is 1.81. The Hall–Kier alpha value is -2.49. The summed E-state index contributed by atoms with van der Waals surface area (Å²) in [5, 5.41) is 10.7. The molecule has 3 rings (SSSR count). The van der Waals surface area contributed by atoms with Gasteiger partial charge in [0.15, 0.2) is 5.65 Å². The molecular weight excluding hydrogens is 231 g/mol. The van der Waals surface area contributed by atoms with Crippen molar-refractivity contribution in [1.82, 2.24) is 9.97 Å². The van der Waals surface area contributed by atoms with Gasteiger partial charge in [-0.1, -0.05) is 0 Å². The summed E-state index contributed by atoms with van der Waals surface area (Å²) in [6.07, 6.45) is 1.64. The SMILES string of the molecule is Oc1cc2cccnc2nc1-c1ccc(F)cc1. The van der Waals surface area contributed by atoms with Gasteiger partial charge in [0.25, 0.3) is 0 Å². The maximum Gasteiger partial charge on any atom is 0.160 e. The van der Waals surface area contributed by atoms with Gasteiger partial charge >= 0.3 is 0 Å². The van der Waals surface area contributed by atoms with Gasteiger partial charge in [0.1, 0.15) is 17.3 Å². The highest BCUT2D eigenvalue weighted by molar-refractivity contribution is 5.81. The molecule has 0 aliphatic carbocycles. The summed E-state index contributed by atoms with van der Waals surface area (Å²) in [5.74, 6) is -0.265. The molecule has 0 saturated carbocycles. The van der Waals surface area contributed by atoms with Crippen molar-refractivity contribution in [3.05, 3.63) is 54.5 Å². The molecule has 1 N–H and O–H groups in total. The number of hydrogen-bond donors (Lipinski definition) is 1. The van der Waals surface area contributed by atoms with E-state index in [9.17, 15) is 9.50 Å². The first-order valence-corrected chi connectivity index (χ1v) is 5.45. The molecule has 0 bridgehead atoms. The fraction of sp³-hybridized carbons (Fsp3) is 0. The van der Waals surface area contributed by atoms with E-state index in [0.29, 0.717) is 16.9 Å². The van der Waals surface area contributed by atoms with Crippen molar-refractivity contribution in [2.24, 2.45) is 0 Å². The average Bonchev–Trinajstić information content (AvgIpc) is 2.39. The minimum Gasteiger partial charge on any atom is -0.506 e. The molecule has 4 heteroatoms. The fourth-order valence-electron chi connectivity index (χ4n) is 1.81. The van der Waals surface area contributed by atoms with Crippen LogP contribution in [0.15, 0.2) is 48.7 Å². The quantitative estimate of drug-likeness (QED) is 0.710. The first-order chi connectivity index (χ1) is 8.74. The van der Waals surface area contributed by atoms with Crippen molar-refractivity contribution < 1.29 is 9.50 Å². The second kappa shape index (κ2) is 4.07. The van der Waals surface area contributed by atoms with Gasteiger partial charge in [-0.25, -0.2) is 14.4 Å². The molecule has 18 heavy (non-hydrogen) atoms. The number of benzene rings is 1. The second-order valence-electron chi connectivity index (χ2n) is 3.91. The van der Waals surface area contributed by atoms with E-state index >= 15 is 0 Å². The van der Waals surface area contributed by atoms with E-state index in [0.717, 1.165) is 5.39 Å². The first kappa shape index (κ1) is 10.7. The molecule has 0 saturated heterocycles. The van der Waals surface area contributed by atoms with Crippen LogP contribution in [0.25, 0.3) is 22.3 Å². The van der Waals surface area contributed by atoms with Crippen LogP contribution in [-0.4, -0.2) is 15.1 Å². The molecule has 2 aromatic heterocycles. The summed E-state index contributed by atoms with van der Waals surface area (Å²) in [4.78, 5) is 8.42. The largest absolute Gasteiger partial charge is 0.506 e. The summed E-state index contributed by atoms with van der Waals surface area (Å²) in [6.45, 7) is 0. The van der Waals surface area contributed by atoms with Crippen molar-refractivity contribution in [2.75, 3.05) is 0 Å². The number of hydrogen-bond acceptors (Lipinski definition) is 3. The number of aromatic hydroxyl groups is 1. The van der Waals surface area contributed by atoms with Crippen molar-refractivity contribution >= 4 is 11.0 Å². The van der Waals surface area contributed by atoms with Crippen molar-refractivity contribution in [3.8, 4) is 17.0 Å². The third kappa shape index (κ3) is 1.78. The van der Waals surface area contributed by atoms with Gasteiger partial charge in [-0.05, 0) is 42.5 Å². The Kier molecular flexibility index (Phi) is 2.41. The molecule has 0 spiro atoms. The summed E-state index contributed by atoms with van der Waals surface area (Å²) in [6, 6.07) is 11.0. The van der Waals surface area contributed by atoms with E-state index in [1.54, 1.807) is 30.5 Å². The van der Waals surface area contributed by atoms with Crippen LogP contribution in [0.5, 0.6) is 5.75 Å². The molecule has 2 heterocycles. The molecule has 0 fully saturated rings. The monoisotopic (exact) mass is 240 g/mol. The Morgan fingerprint density at radius 1 is 1.06 bits per heavy atom. The van der Waals surface area contributed by atoms with Crippen LogP contribution in [0.3, 0.4) is 0 Å². The minimum atomic E-state index is -0.322. The maximum atomic E-state index is 12.9. The summed E-state index contributed by atoms with van der Waals surface area (Å²) in [5.41, 5.74) is 1.61. The lowest BCUT2D eigenvalue weighted by Crippen LogP contribution is -1.89. The predicted molar refractivity (Wildman–Crippen MR) is 66.6 cm³/mol. The molecule has 3 nitrogen and oxygen atoms in total. The van der Waals surface area contributed by atoms with Crippen LogP contribution in [-0.2, 0) is 0 Å². The Morgan fingerprint density at radius 3 is 2.61 bits per heavy atom. The number of rotatable bonds is 1. The lowest BCUT2D eigenvalue weighted by molar-refractivity contribution is 0.476. The lowest BCUT2D eigenvalue weighted by atomic mass is 10.1. The number of fused-ring (bicyclic) bond motifs is 1. The van der Waals surface area contributed by atoms with Crippen LogP contribution < -0.4 is 0 Å². The van der Waals surface area contributed by atoms with Crippen molar-refractivity contribution in [3.63, 3.8) is 0 Å². The van der Waals surface area contributed by atoms with Crippen LogP contribution >= 0.6 is 0 Å². The van der Waals surface area contributed by atoms with Gasteiger partial charge in [0, 0.05) is 17.1 Å². The maximum absolute atomic E-state index is 12.9. The smallest absolute Gasteiger partial charge is 0.160 e. The van der Waals surface area contributed by atoms with Gasteiger partial charge in [0.05, 0.1) is 0 Å². The number of pyridine rings is 2. The van der Waals surface area contributed by atoms with Crippen LogP contribution in [0, 0.1) is 5.82 Å². The highest BCUT2D eigenvalue weighted by Crippen LogP contribution is 2.29. The minimum absolute atomic E-state index is 0.0575. The molecule has 0 aliphatic rings. The molecule has 0 amide bonds. The topological polar surface area (TPSA) is 46.0 Å². The number of halogens is 1. The average molecular weight is 240 g/mol.